The van der Waals surface area contributed by atoms with Crippen LogP contribution in [-0.2, 0) is 9.59 Å². The van der Waals surface area contributed by atoms with Gasteiger partial charge in [-0.15, -0.1) is 0 Å². The molecule has 1 aliphatic rings. The average molecular weight is 383 g/mol. The number of hydrogen-bond donors (Lipinski definition) is 1. The summed E-state index contributed by atoms with van der Waals surface area (Å²) >= 11 is 0. The van der Waals surface area contributed by atoms with E-state index >= 15 is 0 Å². The van der Waals surface area contributed by atoms with Crippen LogP contribution in [0.15, 0.2) is 48.0 Å². The number of aliphatic hydroxyl groups is 1. The summed E-state index contributed by atoms with van der Waals surface area (Å²) in [6.45, 7) is 0. The molecular weight excluding hydrogens is 366 g/mol. The van der Waals surface area contributed by atoms with Gasteiger partial charge in [0.2, 0.25) is 5.75 Å². The number of allylic oxidation sites excluding steroid dienone is 1. The third kappa shape index (κ3) is 3.71. The third-order valence-corrected chi connectivity index (χ3v) is 4.33. The van der Waals surface area contributed by atoms with Crippen molar-refractivity contribution < 1.29 is 29.1 Å². The maximum absolute atomic E-state index is 12.1. The van der Waals surface area contributed by atoms with Gasteiger partial charge in [0.05, 0.1) is 17.6 Å². The highest BCUT2D eigenvalue weighted by Crippen LogP contribution is 2.39. The van der Waals surface area contributed by atoms with E-state index in [0.717, 1.165) is 0 Å². The molecule has 0 radical (unpaired) electrons. The van der Waals surface area contributed by atoms with E-state index < -0.39 is 33.5 Å². The fourth-order valence-electron chi connectivity index (χ4n) is 2.97. The number of rotatable bonds is 5. The molecule has 0 aromatic heterocycles. The summed E-state index contributed by atoms with van der Waals surface area (Å²) in [5.41, 5.74) is -1.17. The van der Waals surface area contributed by atoms with Crippen molar-refractivity contribution in [3.05, 3.63) is 63.7 Å². The number of methoxy groups -OCH3 is 1. The van der Waals surface area contributed by atoms with E-state index in [1.165, 1.54) is 25.3 Å². The summed E-state index contributed by atoms with van der Waals surface area (Å²) in [5, 5.41) is 22.2. The van der Waals surface area contributed by atoms with Gasteiger partial charge in [-0.25, -0.2) is 0 Å². The van der Waals surface area contributed by atoms with Gasteiger partial charge in [0.25, 0.3) is 0 Å². The fraction of sp³-hybridized carbons (Fsp3) is 0.200. The first-order valence-corrected chi connectivity index (χ1v) is 8.51. The second-order valence-corrected chi connectivity index (χ2v) is 6.11. The van der Waals surface area contributed by atoms with Crippen LogP contribution in [0.2, 0.25) is 0 Å². The smallest absolute Gasteiger partial charge is 0.322 e. The third-order valence-electron chi connectivity index (χ3n) is 4.33. The Morgan fingerprint density at radius 1 is 1.04 bits per heavy atom. The van der Waals surface area contributed by atoms with Crippen molar-refractivity contribution in [2.24, 2.45) is 0 Å². The Morgan fingerprint density at radius 3 is 2.21 bits per heavy atom. The van der Waals surface area contributed by atoms with Crippen molar-refractivity contribution in [1.82, 2.24) is 0 Å². The zero-order chi connectivity index (χ0) is 20.3. The van der Waals surface area contributed by atoms with Crippen LogP contribution >= 0.6 is 0 Å². The minimum Gasteiger partial charge on any atom is -0.506 e. The number of hydrogen-bond acceptors (Lipinski definition) is 7. The average Bonchev–Trinajstić information content (AvgIpc) is 2.68. The van der Waals surface area contributed by atoms with Crippen molar-refractivity contribution >= 4 is 23.0 Å². The summed E-state index contributed by atoms with van der Waals surface area (Å²) in [7, 11) is 1.51. The molecular formula is C20H17NO7. The molecule has 0 spiro atoms. The highest BCUT2D eigenvalue weighted by atomic mass is 16.6. The fourth-order valence-corrected chi connectivity index (χ4v) is 2.97. The van der Waals surface area contributed by atoms with E-state index in [-0.39, 0.29) is 24.2 Å². The van der Waals surface area contributed by atoms with Crippen LogP contribution in [-0.4, -0.2) is 28.7 Å². The van der Waals surface area contributed by atoms with Crippen LogP contribution in [0.1, 0.15) is 24.8 Å². The molecule has 0 aliphatic heterocycles. The van der Waals surface area contributed by atoms with Crippen LogP contribution in [0.5, 0.6) is 17.2 Å². The van der Waals surface area contributed by atoms with E-state index in [0.29, 0.717) is 17.9 Å². The van der Waals surface area contributed by atoms with Crippen LogP contribution < -0.4 is 9.47 Å². The molecule has 0 amide bonds. The summed E-state index contributed by atoms with van der Waals surface area (Å²) in [6, 6.07) is 10.5. The maximum atomic E-state index is 12.1. The molecule has 0 atom stereocenters. The van der Waals surface area contributed by atoms with Gasteiger partial charge in [0.1, 0.15) is 22.8 Å². The van der Waals surface area contributed by atoms with E-state index in [1.54, 1.807) is 24.3 Å². The number of Topliss-reactive ketones (excluding diaryl/α,β-unsaturated/α-hetero) is 2. The number of carbonyl (C=O) groups is 2. The van der Waals surface area contributed by atoms with Gasteiger partial charge in [-0.3, -0.25) is 19.7 Å². The Balaban J connectivity index is 2.08. The zero-order valence-electron chi connectivity index (χ0n) is 15.0. The SMILES string of the molecule is COc1ccc(Oc2cccc(C(O)=C3C(=O)CCCC3=O)c2[N+](=O)[O-])cc1. The predicted octanol–water partition coefficient (Wildman–Crippen LogP) is 3.99. The molecule has 1 fully saturated rings. The molecule has 2 aromatic rings. The largest absolute Gasteiger partial charge is 0.506 e. The number of ether oxygens (including phenoxy) is 2. The first kappa shape index (κ1) is 19.1. The minimum absolute atomic E-state index is 0.112. The second kappa shape index (κ2) is 7.91. The lowest BCUT2D eigenvalue weighted by Gasteiger charge is -2.15. The van der Waals surface area contributed by atoms with E-state index in [2.05, 4.69) is 0 Å². The monoisotopic (exact) mass is 383 g/mol. The second-order valence-electron chi connectivity index (χ2n) is 6.11. The molecule has 0 heterocycles. The molecule has 8 heteroatoms. The van der Waals surface area contributed by atoms with E-state index in [4.69, 9.17) is 9.47 Å². The first-order valence-electron chi connectivity index (χ1n) is 8.51. The number of nitro benzene ring substituents is 1. The molecule has 28 heavy (non-hydrogen) atoms. The van der Waals surface area contributed by atoms with Gasteiger partial charge in [-0.2, -0.15) is 0 Å². The van der Waals surface area contributed by atoms with Crippen LogP contribution in [0.3, 0.4) is 0 Å². The summed E-state index contributed by atoms with van der Waals surface area (Å²) in [5.74, 6) is -0.962. The Labute approximate surface area is 160 Å². The quantitative estimate of drug-likeness (QED) is 0.273. The molecule has 0 bridgehead atoms. The molecule has 1 N–H and O–H groups in total. The summed E-state index contributed by atoms with van der Waals surface area (Å²) in [6.07, 6.45) is 0.624. The number of benzene rings is 2. The Hall–Kier alpha value is -3.68. The van der Waals surface area contributed by atoms with Crippen LogP contribution in [0.4, 0.5) is 5.69 Å². The number of carbonyl (C=O) groups excluding carboxylic acids is 2. The number of aliphatic hydroxyl groups excluding tert-OH is 1. The van der Waals surface area contributed by atoms with Crippen molar-refractivity contribution in [3.63, 3.8) is 0 Å². The number of ketones is 2. The molecule has 0 saturated heterocycles. The molecule has 2 aromatic carbocycles. The van der Waals surface area contributed by atoms with Crippen molar-refractivity contribution in [2.45, 2.75) is 19.3 Å². The van der Waals surface area contributed by atoms with Gasteiger partial charge in [0.15, 0.2) is 11.6 Å². The Bertz CT molecular complexity index is 959. The van der Waals surface area contributed by atoms with E-state index in [9.17, 15) is 24.8 Å². The first-order chi connectivity index (χ1) is 13.4. The molecule has 1 aliphatic carbocycles. The molecule has 1 saturated carbocycles. The number of nitrogens with zero attached hydrogens (tertiary/aromatic N) is 1. The lowest BCUT2D eigenvalue weighted by molar-refractivity contribution is -0.386. The molecule has 3 rings (SSSR count). The summed E-state index contributed by atoms with van der Waals surface area (Å²) in [4.78, 5) is 35.1. The standard InChI is InChI=1S/C20H17NO7/c1-27-12-8-10-13(11-9-12)28-17-7-2-4-14(19(17)21(25)26)20(24)18-15(22)5-3-6-16(18)23/h2,4,7-11,24H,3,5-6H2,1H3. The highest BCUT2D eigenvalue weighted by Gasteiger charge is 2.32. The summed E-state index contributed by atoms with van der Waals surface area (Å²) < 4.78 is 10.7. The van der Waals surface area contributed by atoms with Crippen molar-refractivity contribution in [1.29, 1.82) is 0 Å². The van der Waals surface area contributed by atoms with Gasteiger partial charge in [-0.1, -0.05) is 6.07 Å². The normalized spacial score (nSPS) is 14.0. The maximum Gasteiger partial charge on any atom is 0.322 e. The minimum atomic E-state index is -0.719. The highest BCUT2D eigenvalue weighted by molar-refractivity contribution is 6.26. The van der Waals surface area contributed by atoms with E-state index in [1.807, 2.05) is 0 Å². The Kier molecular flexibility index (Phi) is 5.39. The van der Waals surface area contributed by atoms with Crippen LogP contribution in [0, 0.1) is 10.1 Å². The molecule has 8 nitrogen and oxygen atoms in total. The van der Waals surface area contributed by atoms with Gasteiger partial charge in [-0.05, 0) is 42.8 Å². The van der Waals surface area contributed by atoms with Gasteiger partial charge < -0.3 is 14.6 Å². The van der Waals surface area contributed by atoms with Gasteiger partial charge in [0, 0.05) is 12.8 Å². The topological polar surface area (TPSA) is 116 Å². The van der Waals surface area contributed by atoms with Crippen LogP contribution in [0.25, 0.3) is 5.76 Å². The lowest BCUT2D eigenvalue weighted by atomic mass is 9.89. The Morgan fingerprint density at radius 2 is 1.64 bits per heavy atom. The number of nitro groups is 1. The van der Waals surface area contributed by atoms with Crippen molar-refractivity contribution in [2.75, 3.05) is 7.11 Å². The van der Waals surface area contributed by atoms with Crippen molar-refractivity contribution in [3.8, 4) is 17.2 Å². The molecule has 0 unspecified atom stereocenters. The lowest BCUT2D eigenvalue weighted by Crippen LogP contribution is -2.20. The predicted molar refractivity (Wildman–Crippen MR) is 99.6 cm³/mol. The van der Waals surface area contributed by atoms with Gasteiger partial charge >= 0.3 is 5.69 Å². The molecule has 144 valence electrons. The number of para-hydroxylation sites is 1. The zero-order valence-corrected chi connectivity index (χ0v) is 15.0.